The van der Waals surface area contributed by atoms with E-state index >= 15 is 0 Å². The lowest BCUT2D eigenvalue weighted by Gasteiger charge is -2.13. The predicted octanol–water partition coefficient (Wildman–Crippen LogP) is 1.90. The average molecular weight is 212 g/mol. The van der Waals surface area contributed by atoms with Crippen LogP contribution in [0, 0.1) is 11.8 Å². The molecule has 0 unspecified atom stereocenters. The number of ether oxygens (including phenoxy) is 1. The minimum absolute atomic E-state index is 0.221. The Hall–Kier alpha value is -0.830. The average Bonchev–Trinajstić information content (AvgIpc) is 2.60. The Morgan fingerprint density at radius 2 is 2.13 bits per heavy atom. The molecular weight excluding hydrogens is 192 g/mol. The Labute approximate surface area is 91.1 Å². The van der Waals surface area contributed by atoms with E-state index in [1.165, 1.54) is 0 Å². The van der Waals surface area contributed by atoms with Crippen molar-refractivity contribution in [2.24, 2.45) is 11.8 Å². The highest BCUT2D eigenvalue weighted by molar-refractivity contribution is 5.82. The van der Waals surface area contributed by atoms with Crippen LogP contribution < -0.4 is 0 Å². The molecule has 86 valence electrons. The number of allylic oxidation sites excluding steroid dienone is 1. The molecule has 3 nitrogen and oxygen atoms in total. The zero-order chi connectivity index (χ0) is 11.3. The van der Waals surface area contributed by atoms with Crippen LogP contribution in [0.4, 0.5) is 0 Å². The molecule has 1 saturated carbocycles. The van der Waals surface area contributed by atoms with Crippen LogP contribution in [-0.2, 0) is 9.53 Å². The molecule has 0 aromatic carbocycles. The van der Waals surface area contributed by atoms with Crippen LogP contribution in [0.5, 0.6) is 0 Å². The van der Waals surface area contributed by atoms with Gasteiger partial charge in [0.15, 0.2) is 0 Å². The van der Waals surface area contributed by atoms with Gasteiger partial charge < -0.3 is 9.84 Å². The molecule has 15 heavy (non-hydrogen) atoms. The minimum Gasteiger partial charge on any atom is -0.463 e. The second kappa shape index (κ2) is 5.91. The number of hydrogen-bond donors (Lipinski definition) is 1. The Morgan fingerprint density at radius 3 is 2.60 bits per heavy atom. The molecule has 1 N–H and O–H groups in total. The highest BCUT2D eigenvalue weighted by Crippen LogP contribution is 2.37. The summed E-state index contributed by atoms with van der Waals surface area (Å²) < 4.78 is 4.86. The van der Waals surface area contributed by atoms with Crippen LogP contribution in [0.25, 0.3) is 0 Å². The summed E-state index contributed by atoms with van der Waals surface area (Å²) in [7, 11) is 0. The molecule has 0 aromatic heterocycles. The van der Waals surface area contributed by atoms with Gasteiger partial charge in [0.05, 0.1) is 6.61 Å². The van der Waals surface area contributed by atoms with Gasteiger partial charge in [-0.3, -0.25) is 0 Å². The molecular formula is C12H20O3. The summed E-state index contributed by atoms with van der Waals surface area (Å²) in [5, 5.41) is 9.18. The van der Waals surface area contributed by atoms with E-state index in [2.05, 4.69) is 6.92 Å². The van der Waals surface area contributed by atoms with Gasteiger partial charge in [0, 0.05) is 12.7 Å². The largest absolute Gasteiger partial charge is 0.463 e. The Balaban J connectivity index is 2.56. The van der Waals surface area contributed by atoms with Gasteiger partial charge in [-0.15, -0.1) is 0 Å². The third kappa shape index (κ3) is 3.34. The number of rotatable bonds is 4. The summed E-state index contributed by atoms with van der Waals surface area (Å²) in [5.74, 6) is 0.604. The molecule has 2 atom stereocenters. The van der Waals surface area contributed by atoms with Gasteiger partial charge in [-0.05, 0) is 31.6 Å². The lowest BCUT2D eigenvalue weighted by molar-refractivity contribution is -0.137. The lowest BCUT2D eigenvalue weighted by atomic mass is 9.95. The van der Waals surface area contributed by atoms with Crippen molar-refractivity contribution in [3.63, 3.8) is 0 Å². The molecule has 1 aliphatic rings. The van der Waals surface area contributed by atoms with Gasteiger partial charge in [-0.2, -0.15) is 0 Å². The molecule has 0 spiro atoms. The number of carbonyl (C=O) groups excluding carboxylic acids is 1. The molecule has 3 heteroatoms. The number of carbonyl (C=O) groups is 1. The predicted molar refractivity (Wildman–Crippen MR) is 58.3 cm³/mol. The van der Waals surface area contributed by atoms with Crippen LogP contribution in [0.2, 0.25) is 0 Å². The van der Waals surface area contributed by atoms with Crippen molar-refractivity contribution in [1.29, 1.82) is 0 Å². The Morgan fingerprint density at radius 1 is 1.47 bits per heavy atom. The fraction of sp³-hybridized carbons (Fsp3) is 0.750. The van der Waals surface area contributed by atoms with E-state index < -0.39 is 0 Å². The smallest absolute Gasteiger partial charge is 0.330 e. The first kappa shape index (κ1) is 12.2. The van der Waals surface area contributed by atoms with E-state index in [-0.39, 0.29) is 12.6 Å². The summed E-state index contributed by atoms with van der Waals surface area (Å²) in [6, 6.07) is 0. The van der Waals surface area contributed by atoms with Crippen molar-refractivity contribution in [3.8, 4) is 0 Å². The molecule has 0 amide bonds. The molecule has 0 heterocycles. The SMILES string of the molecule is CCOC(=O)/C=C1/C[C@@H](CC)[C@@H](CO)C1. The van der Waals surface area contributed by atoms with Gasteiger partial charge in [0.2, 0.25) is 0 Å². The number of esters is 1. The first-order chi connectivity index (χ1) is 7.21. The first-order valence-electron chi connectivity index (χ1n) is 5.68. The van der Waals surface area contributed by atoms with Crippen LogP contribution in [0.15, 0.2) is 11.6 Å². The summed E-state index contributed by atoms with van der Waals surface area (Å²) in [5.41, 5.74) is 1.12. The van der Waals surface area contributed by atoms with E-state index in [1.807, 2.05) is 0 Å². The van der Waals surface area contributed by atoms with E-state index in [0.717, 1.165) is 24.8 Å². The van der Waals surface area contributed by atoms with Crippen molar-refractivity contribution in [1.82, 2.24) is 0 Å². The summed E-state index contributed by atoms with van der Waals surface area (Å²) in [6.45, 7) is 4.57. The second-order valence-electron chi connectivity index (χ2n) is 4.07. The molecule has 1 fully saturated rings. The van der Waals surface area contributed by atoms with E-state index in [1.54, 1.807) is 13.0 Å². The fourth-order valence-corrected chi connectivity index (χ4v) is 2.25. The summed E-state index contributed by atoms with van der Waals surface area (Å²) in [6.07, 6.45) is 4.43. The molecule has 0 bridgehead atoms. The molecule has 1 rings (SSSR count). The summed E-state index contributed by atoms with van der Waals surface area (Å²) >= 11 is 0. The van der Waals surface area contributed by atoms with Crippen LogP contribution in [0.3, 0.4) is 0 Å². The standard InChI is InChI=1S/C12H20O3/c1-3-10-5-9(6-11(10)8-13)7-12(14)15-4-2/h7,10-11,13H,3-6,8H2,1-2H3/b9-7-/t10-,11-/m1/s1. The fourth-order valence-electron chi connectivity index (χ4n) is 2.25. The van der Waals surface area contributed by atoms with E-state index in [9.17, 15) is 9.90 Å². The maximum absolute atomic E-state index is 11.2. The molecule has 0 radical (unpaired) electrons. The number of aliphatic hydroxyl groups excluding tert-OH is 1. The van der Waals surface area contributed by atoms with Crippen molar-refractivity contribution < 1.29 is 14.6 Å². The van der Waals surface area contributed by atoms with Crippen LogP contribution in [0.1, 0.15) is 33.1 Å². The Kier molecular flexibility index (Phi) is 4.82. The maximum Gasteiger partial charge on any atom is 0.330 e. The van der Waals surface area contributed by atoms with Crippen molar-refractivity contribution >= 4 is 5.97 Å². The minimum atomic E-state index is -0.249. The van der Waals surface area contributed by atoms with Crippen molar-refractivity contribution in [3.05, 3.63) is 11.6 Å². The zero-order valence-electron chi connectivity index (χ0n) is 9.53. The maximum atomic E-state index is 11.2. The van der Waals surface area contributed by atoms with Gasteiger partial charge in [0.25, 0.3) is 0 Å². The van der Waals surface area contributed by atoms with Gasteiger partial charge in [0.1, 0.15) is 0 Å². The first-order valence-corrected chi connectivity index (χ1v) is 5.68. The quantitative estimate of drug-likeness (QED) is 0.572. The molecule has 0 saturated heterocycles. The Bertz CT molecular complexity index is 231. The topological polar surface area (TPSA) is 46.5 Å². The van der Waals surface area contributed by atoms with Gasteiger partial charge in [-0.1, -0.05) is 18.9 Å². The zero-order valence-corrected chi connectivity index (χ0v) is 9.53. The lowest BCUT2D eigenvalue weighted by Crippen LogP contribution is -2.10. The highest BCUT2D eigenvalue weighted by Gasteiger charge is 2.28. The van der Waals surface area contributed by atoms with E-state index in [0.29, 0.717) is 18.4 Å². The second-order valence-corrected chi connectivity index (χ2v) is 4.07. The van der Waals surface area contributed by atoms with Crippen LogP contribution >= 0.6 is 0 Å². The summed E-state index contributed by atoms with van der Waals surface area (Å²) in [4.78, 5) is 11.2. The van der Waals surface area contributed by atoms with Crippen LogP contribution in [-0.4, -0.2) is 24.3 Å². The normalized spacial score (nSPS) is 28.3. The molecule has 0 aromatic rings. The van der Waals surface area contributed by atoms with Crippen molar-refractivity contribution in [2.75, 3.05) is 13.2 Å². The van der Waals surface area contributed by atoms with Crippen molar-refractivity contribution in [2.45, 2.75) is 33.1 Å². The van der Waals surface area contributed by atoms with E-state index in [4.69, 9.17) is 4.74 Å². The molecule has 1 aliphatic carbocycles. The van der Waals surface area contributed by atoms with Gasteiger partial charge in [-0.25, -0.2) is 4.79 Å². The highest BCUT2D eigenvalue weighted by atomic mass is 16.5. The monoisotopic (exact) mass is 212 g/mol. The molecule has 0 aliphatic heterocycles. The number of hydrogen-bond acceptors (Lipinski definition) is 3. The number of aliphatic hydroxyl groups is 1. The third-order valence-corrected chi connectivity index (χ3v) is 3.08. The van der Waals surface area contributed by atoms with Gasteiger partial charge >= 0.3 is 5.97 Å². The third-order valence-electron chi connectivity index (χ3n) is 3.08.